The van der Waals surface area contributed by atoms with Crippen molar-refractivity contribution >= 4 is 5.97 Å². The molecule has 0 aliphatic heterocycles. The van der Waals surface area contributed by atoms with Crippen LogP contribution in [0.3, 0.4) is 0 Å². The second-order valence-electron chi connectivity index (χ2n) is 2.73. The molecule has 0 saturated carbocycles. The van der Waals surface area contributed by atoms with Crippen LogP contribution in [0.2, 0.25) is 0 Å². The second-order valence-corrected chi connectivity index (χ2v) is 2.73. The Morgan fingerprint density at radius 2 is 2.15 bits per heavy atom. The van der Waals surface area contributed by atoms with Crippen LogP contribution in [-0.4, -0.2) is 31.1 Å². The number of rotatable bonds is 3. The van der Waals surface area contributed by atoms with Gasteiger partial charge in [-0.15, -0.1) is 0 Å². The normalized spacial score (nSPS) is 19.7. The molecule has 0 aromatic rings. The van der Waals surface area contributed by atoms with E-state index >= 15 is 0 Å². The second kappa shape index (κ2) is 3.72. The van der Waals surface area contributed by atoms with E-state index in [4.69, 9.17) is 14.6 Å². The molecule has 0 atom stereocenters. The highest BCUT2D eigenvalue weighted by molar-refractivity contribution is 5.90. The average molecular weight is 184 g/mol. The van der Waals surface area contributed by atoms with Crippen molar-refractivity contribution in [3.63, 3.8) is 0 Å². The highest BCUT2D eigenvalue weighted by Crippen LogP contribution is 2.25. The molecule has 1 rings (SSSR count). The minimum Gasteiger partial charge on any atom is -0.478 e. The van der Waals surface area contributed by atoms with Crippen LogP contribution in [0.25, 0.3) is 0 Å². The van der Waals surface area contributed by atoms with E-state index in [0.29, 0.717) is 6.42 Å². The number of aliphatic carboxylic acids is 1. The first-order valence-electron chi connectivity index (χ1n) is 3.86. The van der Waals surface area contributed by atoms with Crippen molar-refractivity contribution in [3.8, 4) is 0 Å². The topological polar surface area (TPSA) is 55.8 Å². The van der Waals surface area contributed by atoms with Crippen LogP contribution in [-0.2, 0) is 14.3 Å². The smallest absolute Gasteiger partial charge is 0.335 e. The summed E-state index contributed by atoms with van der Waals surface area (Å²) in [5.74, 6) is -1.89. The zero-order valence-corrected chi connectivity index (χ0v) is 7.61. The van der Waals surface area contributed by atoms with E-state index in [9.17, 15) is 4.79 Å². The highest BCUT2D eigenvalue weighted by Gasteiger charge is 2.29. The summed E-state index contributed by atoms with van der Waals surface area (Å²) in [5, 5.41) is 8.73. The van der Waals surface area contributed by atoms with Gasteiger partial charge in [-0.25, -0.2) is 4.79 Å². The lowest BCUT2D eigenvalue weighted by atomic mass is 10.0. The summed E-state index contributed by atoms with van der Waals surface area (Å²) in [6.07, 6.45) is 5.25. The summed E-state index contributed by atoms with van der Waals surface area (Å²) in [6.45, 7) is 0. The summed E-state index contributed by atoms with van der Waals surface area (Å²) < 4.78 is 10.2. The van der Waals surface area contributed by atoms with Gasteiger partial charge in [0.2, 0.25) is 0 Å². The van der Waals surface area contributed by atoms with Gasteiger partial charge in [0.1, 0.15) is 0 Å². The molecular weight excluding hydrogens is 172 g/mol. The third-order valence-electron chi connectivity index (χ3n) is 2.01. The van der Waals surface area contributed by atoms with Crippen LogP contribution >= 0.6 is 0 Å². The van der Waals surface area contributed by atoms with Crippen LogP contribution in [0.4, 0.5) is 0 Å². The van der Waals surface area contributed by atoms with E-state index in [2.05, 4.69) is 0 Å². The van der Waals surface area contributed by atoms with Crippen molar-refractivity contribution in [2.24, 2.45) is 0 Å². The third-order valence-corrected chi connectivity index (χ3v) is 2.01. The molecule has 0 aromatic carbocycles. The molecule has 0 spiro atoms. The van der Waals surface area contributed by atoms with Gasteiger partial charge in [-0.05, 0) is 6.08 Å². The molecule has 0 amide bonds. The van der Waals surface area contributed by atoms with Gasteiger partial charge in [0, 0.05) is 20.6 Å². The fourth-order valence-corrected chi connectivity index (χ4v) is 1.19. The molecule has 0 unspecified atom stereocenters. The Labute approximate surface area is 76.5 Å². The van der Waals surface area contributed by atoms with Gasteiger partial charge in [-0.1, -0.05) is 12.2 Å². The molecular formula is C9H12O4. The molecule has 0 aromatic heterocycles. The number of hydrogen-bond donors (Lipinski definition) is 1. The molecule has 0 fully saturated rings. The Morgan fingerprint density at radius 3 is 2.62 bits per heavy atom. The molecule has 4 heteroatoms. The minimum atomic E-state index is -0.977. The lowest BCUT2D eigenvalue weighted by Crippen LogP contribution is -2.33. The largest absolute Gasteiger partial charge is 0.478 e. The fraction of sp³-hybridized carbons (Fsp3) is 0.444. The van der Waals surface area contributed by atoms with E-state index in [1.54, 1.807) is 12.2 Å². The molecule has 1 N–H and O–H groups in total. The van der Waals surface area contributed by atoms with Crippen molar-refractivity contribution in [3.05, 3.63) is 23.8 Å². The van der Waals surface area contributed by atoms with Gasteiger partial charge >= 0.3 is 5.97 Å². The van der Waals surface area contributed by atoms with Crippen LogP contribution in [0.15, 0.2) is 23.8 Å². The summed E-state index contributed by atoms with van der Waals surface area (Å²) >= 11 is 0. The maximum Gasteiger partial charge on any atom is 0.335 e. The van der Waals surface area contributed by atoms with Crippen molar-refractivity contribution in [2.45, 2.75) is 12.2 Å². The molecule has 0 radical (unpaired) electrons. The predicted octanol–water partition coefficient (Wildman–Crippen LogP) is 0.946. The van der Waals surface area contributed by atoms with Gasteiger partial charge < -0.3 is 14.6 Å². The molecule has 1 aliphatic rings. The summed E-state index contributed by atoms with van der Waals surface area (Å²) in [7, 11) is 2.97. The van der Waals surface area contributed by atoms with Gasteiger partial charge in [-0.3, -0.25) is 0 Å². The number of carboxylic acids is 1. The lowest BCUT2D eigenvalue weighted by molar-refractivity contribution is -0.169. The monoisotopic (exact) mass is 184 g/mol. The molecule has 0 bridgehead atoms. The number of hydrogen-bond acceptors (Lipinski definition) is 3. The van der Waals surface area contributed by atoms with Crippen molar-refractivity contribution in [1.82, 2.24) is 0 Å². The molecule has 72 valence electrons. The quantitative estimate of drug-likeness (QED) is 0.663. The van der Waals surface area contributed by atoms with Crippen molar-refractivity contribution in [2.75, 3.05) is 14.2 Å². The SMILES string of the molecule is COC1(OC)C=C(C(=O)O)C=CC1. The van der Waals surface area contributed by atoms with Crippen molar-refractivity contribution in [1.29, 1.82) is 0 Å². The van der Waals surface area contributed by atoms with Crippen LogP contribution in [0.1, 0.15) is 6.42 Å². The molecule has 0 saturated heterocycles. The Hall–Kier alpha value is -1.13. The first-order chi connectivity index (χ1) is 6.13. The predicted molar refractivity (Wildman–Crippen MR) is 46.2 cm³/mol. The van der Waals surface area contributed by atoms with Gasteiger partial charge in [0.15, 0.2) is 5.79 Å². The summed E-state index contributed by atoms with van der Waals surface area (Å²) in [4.78, 5) is 10.6. The van der Waals surface area contributed by atoms with Crippen LogP contribution in [0, 0.1) is 0 Å². The van der Waals surface area contributed by atoms with E-state index in [1.807, 2.05) is 0 Å². The van der Waals surface area contributed by atoms with Gasteiger partial charge in [-0.2, -0.15) is 0 Å². The van der Waals surface area contributed by atoms with E-state index in [0.717, 1.165) is 0 Å². The average Bonchev–Trinajstić information content (AvgIpc) is 2.18. The molecule has 0 heterocycles. The van der Waals surface area contributed by atoms with Gasteiger partial charge in [0.25, 0.3) is 0 Å². The molecule has 13 heavy (non-hydrogen) atoms. The Kier molecular flexibility index (Phi) is 2.85. The maximum atomic E-state index is 10.6. The zero-order valence-electron chi connectivity index (χ0n) is 7.61. The number of ether oxygens (including phenoxy) is 2. The first kappa shape index (κ1) is 9.95. The molecule has 1 aliphatic carbocycles. The third kappa shape index (κ3) is 1.96. The summed E-state index contributed by atoms with van der Waals surface area (Å²) in [6, 6.07) is 0. The van der Waals surface area contributed by atoms with Gasteiger partial charge in [0.05, 0.1) is 5.57 Å². The Balaban J connectivity index is 2.94. The minimum absolute atomic E-state index is 0.190. The van der Waals surface area contributed by atoms with Crippen LogP contribution in [0.5, 0.6) is 0 Å². The fourth-order valence-electron chi connectivity index (χ4n) is 1.19. The zero-order chi connectivity index (χ0) is 9.90. The van der Waals surface area contributed by atoms with Crippen LogP contribution < -0.4 is 0 Å². The van der Waals surface area contributed by atoms with E-state index in [-0.39, 0.29) is 5.57 Å². The first-order valence-corrected chi connectivity index (χ1v) is 3.86. The van der Waals surface area contributed by atoms with E-state index in [1.165, 1.54) is 20.3 Å². The van der Waals surface area contributed by atoms with Crippen molar-refractivity contribution < 1.29 is 19.4 Å². The number of carboxylic acid groups (broad SMARTS) is 1. The molecule has 4 nitrogen and oxygen atoms in total. The Morgan fingerprint density at radius 1 is 1.54 bits per heavy atom. The lowest BCUT2D eigenvalue weighted by Gasteiger charge is -2.28. The number of methoxy groups -OCH3 is 2. The standard InChI is InChI=1S/C9H12O4/c1-12-9(13-2)5-3-4-7(6-9)8(10)11/h3-4,6H,5H2,1-2H3,(H,10,11). The number of carbonyl (C=O) groups is 1. The highest BCUT2D eigenvalue weighted by atomic mass is 16.7. The maximum absolute atomic E-state index is 10.6. The Bertz CT molecular complexity index is 261. The summed E-state index contributed by atoms with van der Waals surface area (Å²) in [5.41, 5.74) is 0.190. The van der Waals surface area contributed by atoms with E-state index < -0.39 is 11.8 Å².